The molecule has 0 aliphatic heterocycles. The van der Waals surface area contributed by atoms with E-state index < -0.39 is 11.9 Å². The Bertz CT molecular complexity index is 930. The Morgan fingerprint density at radius 1 is 1.14 bits per heavy atom. The summed E-state index contributed by atoms with van der Waals surface area (Å²) in [6, 6.07) is 8.41. The number of halogens is 2. The summed E-state index contributed by atoms with van der Waals surface area (Å²) in [6.45, 7) is 4.33. The molecule has 0 radical (unpaired) electrons. The topological polar surface area (TPSA) is 73.9 Å². The fourth-order valence-electron chi connectivity index (χ4n) is 2.46. The van der Waals surface area contributed by atoms with Crippen molar-refractivity contribution in [3.63, 3.8) is 0 Å². The molecule has 0 heterocycles. The molecule has 0 atom stereocenters. The average Bonchev–Trinajstić information content (AvgIpc) is 2.69. The minimum atomic E-state index is -0.554. The molecule has 0 aliphatic carbocycles. The lowest BCUT2D eigenvalue weighted by molar-refractivity contribution is -0.111. The van der Waals surface area contributed by atoms with Crippen LogP contribution in [-0.2, 0) is 9.53 Å². The number of hydrogen-bond donors (Lipinski definition) is 1. The van der Waals surface area contributed by atoms with Crippen LogP contribution in [0.3, 0.4) is 0 Å². The first kappa shape index (κ1) is 22.8. The first-order valence-electron chi connectivity index (χ1n) is 8.85. The summed E-state index contributed by atoms with van der Waals surface area (Å²) < 4.78 is 16.6. The summed E-state index contributed by atoms with van der Waals surface area (Å²) in [5.41, 5.74) is 1.24. The molecule has 29 heavy (non-hydrogen) atoms. The van der Waals surface area contributed by atoms with Crippen molar-refractivity contribution in [3.05, 3.63) is 57.0 Å². The molecule has 0 unspecified atom stereocenters. The fraction of sp³-hybridized carbons (Fsp3) is 0.238. The molecule has 0 saturated heterocycles. The number of nitrogens with one attached hydrogen (secondary N) is 1. The molecule has 8 heteroatoms. The van der Waals surface area contributed by atoms with Gasteiger partial charge in [-0.25, -0.2) is 4.79 Å². The number of carbonyl (C=O) groups excluding carboxylic acids is 2. The van der Waals surface area contributed by atoms with Crippen molar-refractivity contribution in [3.8, 4) is 11.5 Å². The zero-order valence-corrected chi connectivity index (χ0v) is 18.6. The van der Waals surface area contributed by atoms with Crippen LogP contribution in [0.5, 0.6) is 11.5 Å². The highest BCUT2D eigenvalue weighted by molar-refractivity contribution is 9.10. The van der Waals surface area contributed by atoms with E-state index in [1.54, 1.807) is 13.0 Å². The maximum atomic E-state index is 12.4. The first-order valence-corrected chi connectivity index (χ1v) is 10.0. The Morgan fingerprint density at radius 3 is 2.55 bits per heavy atom. The van der Waals surface area contributed by atoms with Crippen LogP contribution in [0.15, 0.2) is 40.9 Å². The van der Waals surface area contributed by atoms with Crippen LogP contribution in [0.25, 0.3) is 6.08 Å². The third-order valence-corrected chi connectivity index (χ3v) is 4.53. The summed E-state index contributed by atoms with van der Waals surface area (Å²) in [5, 5.41) is 2.87. The van der Waals surface area contributed by atoms with Gasteiger partial charge in [0.2, 0.25) is 5.91 Å². The predicted molar refractivity (Wildman–Crippen MR) is 117 cm³/mol. The van der Waals surface area contributed by atoms with Crippen LogP contribution in [0.4, 0.5) is 5.69 Å². The number of amides is 1. The van der Waals surface area contributed by atoms with Gasteiger partial charge in [0.05, 0.1) is 31.0 Å². The second-order valence-electron chi connectivity index (χ2n) is 5.69. The van der Waals surface area contributed by atoms with Gasteiger partial charge in [-0.15, -0.1) is 0 Å². The highest BCUT2D eigenvalue weighted by atomic mass is 79.9. The lowest BCUT2D eigenvalue weighted by Gasteiger charge is -2.12. The highest BCUT2D eigenvalue weighted by Gasteiger charge is 2.17. The van der Waals surface area contributed by atoms with Gasteiger partial charge in [0, 0.05) is 22.2 Å². The maximum Gasteiger partial charge on any atom is 0.341 e. The lowest BCUT2D eigenvalue weighted by Crippen LogP contribution is -2.11. The van der Waals surface area contributed by atoms with Crippen molar-refractivity contribution in [1.29, 1.82) is 0 Å². The number of hydrogen-bond acceptors (Lipinski definition) is 5. The third-order valence-electron chi connectivity index (χ3n) is 3.73. The summed E-state index contributed by atoms with van der Waals surface area (Å²) in [7, 11) is 1.42. The van der Waals surface area contributed by atoms with Gasteiger partial charge in [0.25, 0.3) is 0 Å². The van der Waals surface area contributed by atoms with E-state index in [9.17, 15) is 9.59 Å². The second kappa shape index (κ2) is 10.9. The van der Waals surface area contributed by atoms with Gasteiger partial charge in [-0.3, -0.25) is 4.79 Å². The minimum absolute atomic E-state index is 0.184. The van der Waals surface area contributed by atoms with Crippen LogP contribution < -0.4 is 14.8 Å². The second-order valence-corrected chi connectivity index (χ2v) is 7.01. The number of rotatable bonds is 8. The van der Waals surface area contributed by atoms with E-state index >= 15 is 0 Å². The molecular weight excluding hydrogens is 462 g/mol. The van der Waals surface area contributed by atoms with Crippen LogP contribution in [-0.4, -0.2) is 32.2 Å². The Morgan fingerprint density at radius 2 is 1.90 bits per heavy atom. The van der Waals surface area contributed by atoms with E-state index in [0.717, 1.165) is 10.0 Å². The van der Waals surface area contributed by atoms with Gasteiger partial charge in [-0.1, -0.05) is 27.5 Å². The molecule has 0 bridgehead atoms. The molecule has 0 fully saturated rings. The Labute approximate surface area is 182 Å². The van der Waals surface area contributed by atoms with Crippen molar-refractivity contribution >= 4 is 51.2 Å². The molecule has 6 nitrogen and oxygen atoms in total. The third kappa shape index (κ3) is 6.24. The fourth-order valence-corrected chi connectivity index (χ4v) is 3.05. The van der Waals surface area contributed by atoms with Crippen molar-refractivity contribution in [2.75, 3.05) is 25.6 Å². The molecule has 2 rings (SSSR count). The van der Waals surface area contributed by atoms with Crippen LogP contribution in [0.1, 0.15) is 29.8 Å². The zero-order valence-electron chi connectivity index (χ0n) is 16.3. The number of methoxy groups -OCH3 is 1. The normalized spacial score (nSPS) is 10.7. The number of carbonyl (C=O) groups is 2. The van der Waals surface area contributed by atoms with Crippen LogP contribution >= 0.6 is 27.5 Å². The van der Waals surface area contributed by atoms with Crippen molar-refractivity contribution in [1.82, 2.24) is 0 Å². The van der Waals surface area contributed by atoms with Crippen LogP contribution in [0.2, 0.25) is 5.02 Å². The molecular formula is C21H21BrClNO5. The predicted octanol–water partition coefficient (Wildman–Crippen LogP) is 5.34. The Hall–Kier alpha value is -2.51. The summed E-state index contributed by atoms with van der Waals surface area (Å²) >= 11 is 9.63. The molecule has 2 aromatic carbocycles. The Kier molecular flexibility index (Phi) is 8.54. The highest BCUT2D eigenvalue weighted by Crippen LogP contribution is 2.32. The molecule has 154 valence electrons. The summed E-state index contributed by atoms with van der Waals surface area (Å²) in [5.74, 6) is -0.0432. The molecule has 0 aliphatic rings. The summed E-state index contributed by atoms with van der Waals surface area (Å²) in [6.07, 6.45) is 3.01. The SMILES string of the molecule is CCOC(=O)c1cc(Cl)c(NC(=O)/C=C/c2cc(Br)ccc2OCC)cc1OC. The number of anilines is 1. The lowest BCUT2D eigenvalue weighted by atomic mass is 10.1. The van der Waals surface area contributed by atoms with Crippen LogP contribution in [0, 0.1) is 0 Å². The maximum absolute atomic E-state index is 12.4. The molecule has 0 spiro atoms. The number of ether oxygens (including phenoxy) is 3. The monoisotopic (exact) mass is 481 g/mol. The number of benzene rings is 2. The largest absolute Gasteiger partial charge is 0.496 e. The van der Waals surface area contributed by atoms with Gasteiger partial charge < -0.3 is 19.5 Å². The molecule has 0 saturated carbocycles. The molecule has 2 aromatic rings. The van der Waals surface area contributed by atoms with Gasteiger partial charge in [-0.05, 0) is 44.2 Å². The van der Waals surface area contributed by atoms with Gasteiger partial charge in [-0.2, -0.15) is 0 Å². The number of esters is 1. The van der Waals surface area contributed by atoms with E-state index in [-0.39, 0.29) is 22.9 Å². The minimum Gasteiger partial charge on any atom is -0.496 e. The van der Waals surface area contributed by atoms with E-state index in [0.29, 0.717) is 18.0 Å². The van der Waals surface area contributed by atoms with E-state index in [2.05, 4.69) is 21.2 Å². The zero-order chi connectivity index (χ0) is 21.4. The van der Waals surface area contributed by atoms with Gasteiger partial charge in [0.15, 0.2) is 0 Å². The first-order chi connectivity index (χ1) is 13.9. The van der Waals surface area contributed by atoms with Crippen molar-refractivity contribution in [2.45, 2.75) is 13.8 Å². The average molecular weight is 483 g/mol. The van der Waals surface area contributed by atoms with Gasteiger partial charge >= 0.3 is 5.97 Å². The van der Waals surface area contributed by atoms with Gasteiger partial charge in [0.1, 0.15) is 17.1 Å². The Balaban J connectivity index is 2.22. The van der Waals surface area contributed by atoms with Crippen molar-refractivity contribution in [2.24, 2.45) is 0 Å². The molecule has 0 aromatic heterocycles. The molecule has 1 amide bonds. The van der Waals surface area contributed by atoms with E-state index in [1.807, 2.05) is 25.1 Å². The smallest absolute Gasteiger partial charge is 0.341 e. The van der Waals surface area contributed by atoms with E-state index in [4.69, 9.17) is 25.8 Å². The van der Waals surface area contributed by atoms with Crippen molar-refractivity contribution < 1.29 is 23.8 Å². The standard InChI is InChI=1S/C21H21BrClNO5/c1-4-28-18-8-7-14(22)10-13(18)6-9-20(25)24-17-12-19(27-3)15(11-16(17)23)21(26)29-5-2/h6-12H,4-5H2,1-3H3,(H,24,25)/b9-6+. The molecule has 1 N–H and O–H groups in total. The quantitative estimate of drug-likeness (QED) is 0.406. The summed E-state index contributed by atoms with van der Waals surface area (Å²) in [4.78, 5) is 24.4. The van der Waals surface area contributed by atoms with E-state index in [1.165, 1.54) is 25.3 Å².